The van der Waals surface area contributed by atoms with Crippen LogP contribution in [-0.2, 0) is 0 Å². The van der Waals surface area contributed by atoms with E-state index in [-0.39, 0.29) is 0 Å². The van der Waals surface area contributed by atoms with Gasteiger partial charge in [-0.3, -0.25) is 0 Å². The first-order valence-corrected chi connectivity index (χ1v) is 8.40. The number of likely N-dealkylation sites (tertiary alicyclic amines) is 1. The maximum atomic E-state index is 3.81. The van der Waals surface area contributed by atoms with Crippen LogP contribution in [-0.4, -0.2) is 37.1 Å². The van der Waals surface area contributed by atoms with Gasteiger partial charge >= 0.3 is 0 Å². The van der Waals surface area contributed by atoms with Gasteiger partial charge in [0.05, 0.1) is 0 Å². The van der Waals surface area contributed by atoms with Gasteiger partial charge in [0, 0.05) is 12.1 Å². The highest BCUT2D eigenvalue weighted by Gasteiger charge is 2.29. The molecule has 1 saturated heterocycles. The summed E-state index contributed by atoms with van der Waals surface area (Å²) < 4.78 is 0. The molecule has 2 heteroatoms. The van der Waals surface area contributed by atoms with E-state index in [9.17, 15) is 0 Å². The van der Waals surface area contributed by atoms with Crippen molar-refractivity contribution in [3.8, 4) is 0 Å². The molecule has 0 radical (unpaired) electrons. The van der Waals surface area contributed by atoms with E-state index < -0.39 is 0 Å². The number of hydrogen-bond acceptors (Lipinski definition) is 2. The third-order valence-electron chi connectivity index (χ3n) is 5.53. The molecule has 0 unspecified atom stereocenters. The lowest BCUT2D eigenvalue weighted by Crippen LogP contribution is -2.38. The molecule has 2 fully saturated rings. The minimum atomic E-state index is 0.511. The van der Waals surface area contributed by atoms with Crippen molar-refractivity contribution < 1.29 is 0 Å². The lowest BCUT2D eigenvalue weighted by Gasteiger charge is -2.37. The Morgan fingerprint density at radius 3 is 2.26 bits per heavy atom. The van der Waals surface area contributed by atoms with Crippen LogP contribution in [0.1, 0.15) is 65.7 Å². The summed E-state index contributed by atoms with van der Waals surface area (Å²) in [7, 11) is 2.28. The van der Waals surface area contributed by atoms with Gasteiger partial charge in [-0.2, -0.15) is 0 Å². The molecule has 1 atom stereocenters. The van der Waals surface area contributed by atoms with Gasteiger partial charge in [0.15, 0.2) is 0 Å². The number of hydrogen-bond donors (Lipinski definition) is 1. The van der Waals surface area contributed by atoms with E-state index in [4.69, 9.17) is 0 Å². The second-order valence-electron chi connectivity index (χ2n) is 7.93. The summed E-state index contributed by atoms with van der Waals surface area (Å²) in [5.74, 6) is 0.937. The molecule has 1 heterocycles. The smallest absolute Gasteiger partial charge is 0.0105 e. The molecular weight excluding hydrogens is 232 g/mol. The van der Waals surface area contributed by atoms with Crippen LogP contribution in [0, 0.1) is 11.3 Å². The quantitative estimate of drug-likeness (QED) is 0.835. The Hall–Kier alpha value is -0.0800. The molecule has 2 rings (SSSR count). The molecule has 1 aliphatic heterocycles. The number of nitrogens with zero attached hydrogens (tertiary/aromatic N) is 1. The molecule has 0 amide bonds. The zero-order chi connectivity index (χ0) is 13.9. The zero-order valence-corrected chi connectivity index (χ0v) is 13.5. The van der Waals surface area contributed by atoms with Gasteiger partial charge in [0.25, 0.3) is 0 Å². The van der Waals surface area contributed by atoms with E-state index in [1.807, 2.05) is 0 Å². The summed E-state index contributed by atoms with van der Waals surface area (Å²) in [5.41, 5.74) is 0.511. The molecule has 0 aromatic rings. The lowest BCUT2D eigenvalue weighted by atomic mass is 9.71. The van der Waals surface area contributed by atoms with Crippen LogP contribution in [0.25, 0.3) is 0 Å². The first-order chi connectivity index (χ1) is 8.97. The van der Waals surface area contributed by atoms with Crippen LogP contribution >= 0.6 is 0 Å². The third kappa shape index (κ3) is 4.46. The van der Waals surface area contributed by atoms with Crippen LogP contribution in [0.2, 0.25) is 0 Å². The van der Waals surface area contributed by atoms with Gasteiger partial charge in [-0.1, -0.05) is 20.8 Å². The minimum absolute atomic E-state index is 0.511. The monoisotopic (exact) mass is 266 g/mol. The summed E-state index contributed by atoms with van der Waals surface area (Å²) in [5, 5.41) is 3.81. The number of rotatable bonds is 4. The van der Waals surface area contributed by atoms with E-state index >= 15 is 0 Å². The molecule has 1 aliphatic carbocycles. The Labute approximate surface area is 120 Å². The summed E-state index contributed by atoms with van der Waals surface area (Å²) in [6, 6.07) is 1.64. The van der Waals surface area contributed by atoms with Crippen molar-refractivity contribution in [2.75, 3.05) is 20.1 Å². The van der Waals surface area contributed by atoms with Crippen molar-refractivity contribution in [3.63, 3.8) is 0 Å². The van der Waals surface area contributed by atoms with Gasteiger partial charge < -0.3 is 10.2 Å². The minimum Gasteiger partial charge on any atom is -0.314 e. The Balaban J connectivity index is 1.61. The fraction of sp³-hybridized carbons (Fsp3) is 1.00. The normalized spacial score (nSPS) is 33.8. The van der Waals surface area contributed by atoms with Crippen molar-refractivity contribution in [2.24, 2.45) is 11.3 Å². The highest BCUT2D eigenvalue weighted by Crippen LogP contribution is 2.37. The van der Waals surface area contributed by atoms with E-state index in [0.29, 0.717) is 5.41 Å². The predicted octanol–water partition coefficient (Wildman–Crippen LogP) is 3.67. The molecular formula is C17H34N2. The van der Waals surface area contributed by atoms with E-state index in [0.717, 1.165) is 18.0 Å². The van der Waals surface area contributed by atoms with Gasteiger partial charge in [-0.05, 0) is 76.4 Å². The number of nitrogens with one attached hydrogen (secondary N) is 1. The summed E-state index contributed by atoms with van der Waals surface area (Å²) >= 11 is 0. The maximum absolute atomic E-state index is 3.81. The summed E-state index contributed by atoms with van der Waals surface area (Å²) in [6.07, 6.45) is 9.78. The van der Waals surface area contributed by atoms with Gasteiger partial charge in [0.2, 0.25) is 0 Å². The average Bonchev–Trinajstić information content (AvgIpc) is 2.75. The fourth-order valence-electron chi connectivity index (χ4n) is 3.96. The van der Waals surface area contributed by atoms with Crippen molar-refractivity contribution in [3.05, 3.63) is 0 Å². The molecule has 0 bridgehead atoms. The Morgan fingerprint density at radius 2 is 1.74 bits per heavy atom. The van der Waals surface area contributed by atoms with Crippen LogP contribution in [0.5, 0.6) is 0 Å². The van der Waals surface area contributed by atoms with Crippen LogP contribution in [0.3, 0.4) is 0 Å². The topological polar surface area (TPSA) is 15.3 Å². The van der Waals surface area contributed by atoms with Crippen molar-refractivity contribution in [2.45, 2.75) is 77.8 Å². The van der Waals surface area contributed by atoms with Gasteiger partial charge in [-0.15, -0.1) is 0 Å². The van der Waals surface area contributed by atoms with Crippen LogP contribution < -0.4 is 5.32 Å². The molecule has 19 heavy (non-hydrogen) atoms. The van der Waals surface area contributed by atoms with Gasteiger partial charge in [-0.25, -0.2) is 0 Å². The van der Waals surface area contributed by atoms with Crippen LogP contribution in [0.15, 0.2) is 0 Å². The average molecular weight is 266 g/mol. The fourth-order valence-corrected chi connectivity index (χ4v) is 3.96. The maximum Gasteiger partial charge on any atom is 0.0105 e. The standard InChI is InChI=1S/C17H34N2/c1-17(2,3)14-7-9-15(10-8-14)18-12-11-16-6-5-13-19(16)4/h14-16,18H,5-13H2,1-4H3/t14?,15?,16-/m0/s1. The van der Waals surface area contributed by atoms with E-state index in [2.05, 4.69) is 38.0 Å². The van der Waals surface area contributed by atoms with E-state index in [1.165, 1.54) is 58.0 Å². The molecule has 112 valence electrons. The first-order valence-electron chi connectivity index (χ1n) is 8.40. The molecule has 2 aliphatic rings. The SMILES string of the molecule is CN1CCC[C@H]1CCNC1CCC(C(C)(C)C)CC1. The molecule has 0 aromatic heterocycles. The summed E-state index contributed by atoms with van der Waals surface area (Å²) in [6.45, 7) is 9.74. The van der Waals surface area contributed by atoms with E-state index in [1.54, 1.807) is 0 Å². The molecule has 1 saturated carbocycles. The Kier molecular flexibility index (Phi) is 5.30. The molecule has 2 nitrogen and oxygen atoms in total. The second kappa shape index (κ2) is 6.58. The highest BCUT2D eigenvalue weighted by atomic mass is 15.1. The molecule has 1 N–H and O–H groups in total. The van der Waals surface area contributed by atoms with Crippen molar-refractivity contribution >= 4 is 0 Å². The third-order valence-corrected chi connectivity index (χ3v) is 5.53. The second-order valence-corrected chi connectivity index (χ2v) is 7.93. The Morgan fingerprint density at radius 1 is 1.05 bits per heavy atom. The van der Waals surface area contributed by atoms with Crippen molar-refractivity contribution in [1.82, 2.24) is 10.2 Å². The first kappa shape index (κ1) is 15.3. The summed E-state index contributed by atoms with van der Waals surface area (Å²) in [4.78, 5) is 2.54. The largest absolute Gasteiger partial charge is 0.314 e. The lowest BCUT2D eigenvalue weighted by molar-refractivity contribution is 0.159. The van der Waals surface area contributed by atoms with Crippen molar-refractivity contribution in [1.29, 1.82) is 0 Å². The molecule has 0 spiro atoms. The Bertz CT molecular complexity index is 261. The zero-order valence-electron chi connectivity index (χ0n) is 13.5. The van der Waals surface area contributed by atoms with Gasteiger partial charge in [0.1, 0.15) is 0 Å². The molecule has 0 aromatic carbocycles. The van der Waals surface area contributed by atoms with Crippen LogP contribution in [0.4, 0.5) is 0 Å². The highest BCUT2D eigenvalue weighted by molar-refractivity contribution is 4.84. The predicted molar refractivity (Wildman–Crippen MR) is 83.5 cm³/mol.